The van der Waals surface area contributed by atoms with E-state index in [0.29, 0.717) is 22.6 Å². The number of carbonyl (C=O) groups is 3. The van der Waals surface area contributed by atoms with Crippen LogP contribution in [0.1, 0.15) is 71.9 Å². The minimum atomic E-state index is -0.946. The third-order valence-corrected chi connectivity index (χ3v) is 6.47. The first kappa shape index (κ1) is 29.5. The average Bonchev–Trinajstić information content (AvgIpc) is 3.16. The summed E-state index contributed by atoms with van der Waals surface area (Å²) in [4.78, 5) is 40.8. The summed E-state index contributed by atoms with van der Waals surface area (Å²) in [5.74, 6) is 1.65. The Labute approximate surface area is 219 Å². The Morgan fingerprint density at radius 3 is 2.50 bits per heavy atom. The van der Waals surface area contributed by atoms with E-state index in [9.17, 15) is 19.5 Å². The van der Waals surface area contributed by atoms with Gasteiger partial charge in [-0.3, -0.25) is 9.59 Å². The number of carbonyl (C=O) groups excluding carboxylic acids is 3. The number of nitrogens with zero attached hydrogens (tertiary/aromatic N) is 1. The fourth-order valence-corrected chi connectivity index (χ4v) is 4.61. The van der Waals surface area contributed by atoms with Gasteiger partial charge < -0.3 is 25.4 Å². The Morgan fingerprint density at radius 1 is 1.28 bits per heavy atom. The summed E-state index contributed by atoms with van der Waals surface area (Å²) in [5, 5.41) is 16.3. The highest BCUT2D eigenvalue weighted by Crippen LogP contribution is 2.31. The molecule has 3 atom stereocenters. The van der Waals surface area contributed by atoms with Crippen LogP contribution in [0.15, 0.2) is 18.2 Å². The second kappa shape index (κ2) is 12.0. The average molecular weight is 520 g/mol. The molecule has 2 rings (SSSR count). The number of hydrogen-bond acceptors (Lipinski definition) is 5. The molecule has 198 valence electrons. The number of β-amino-alcohol motifs (C(OH)–C–C–N with tert-alkyl or cyclic N) is 1. The number of amides is 3. The van der Waals surface area contributed by atoms with E-state index in [4.69, 9.17) is 22.8 Å². The summed E-state index contributed by atoms with van der Waals surface area (Å²) in [6, 6.07) is 3.26. The van der Waals surface area contributed by atoms with Crippen molar-refractivity contribution in [3.63, 3.8) is 0 Å². The molecule has 36 heavy (non-hydrogen) atoms. The van der Waals surface area contributed by atoms with Crippen molar-refractivity contribution < 1.29 is 24.2 Å². The molecule has 3 amide bonds. The molecule has 3 N–H and O–H groups in total. The van der Waals surface area contributed by atoms with E-state index in [-0.39, 0.29) is 19.5 Å². The SMILES string of the molecule is C#Cc1ccc(CNC(=O)[C@@H]2C[C@@H](O)CN2C(=O)C(NC(=O)OC(C)(C)C)C(C)(C)CCC)c(Cl)c1. The van der Waals surface area contributed by atoms with E-state index < -0.39 is 47.1 Å². The van der Waals surface area contributed by atoms with Crippen molar-refractivity contribution >= 4 is 29.5 Å². The summed E-state index contributed by atoms with van der Waals surface area (Å²) in [5.41, 5.74) is -0.0553. The van der Waals surface area contributed by atoms with Crippen LogP contribution in [0.4, 0.5) is 4.79 Å². The van der Waals surface area contributed by atoms with E-state index >= 15 is 0 Å². The lowest BCUT2D eigenvalue weighted by molar-refractivity contribution is -0.142. The number of aliphatic hydroxyl groups excluding tert-OH is 1. The second-order valence-corrected chi connectivity index (χ2v) is 11.3. The minimum absolute atomic E-state index is 0.0107. The summed E-state index contributed by atoms with van der Waals surface area (Å²) in [6.45, 7) is 11.1. The predicted molar refractivity (Wildman–Crippen MR) is 139 cm³/mol. The molecule has 1 aromatic carbocycles. The predicted octanol–water partition coefficient (Wildman–Crippen LogP) is 3.62. The zero-order valence-electron chi connectivity index (χ0n) is 22.0. The van der Waals surface area contributed by atoms with Crippen LogP contribution in [-0.2, 0) is 20.9 Å². The van der Waals surface area contributed by atoms with Gasteiger partial charge in [-0.15, -0.1) is 6.42 Å². The van der Waals surface area contributed by atoms with E-state index in [2.05, 4.69) is 16.6 Å². The molecule has 0 spiro atoms. The molecule has 0 bridgehead atoms. The summed E-state index contributed by atoms with van der Waals surface area (Å²) >= 11 is 6.27. The lowest BCUT2D eigenvalue weighted by Gasteiger charge is -2.37. The van der Waals surface area contributed by atoms with Crippen LogP contribution in [-0.4, -0.2) is 58.2 Å². The molecule has 1 aliphatic heterocycles. The van der Waals surface area contributed by atoms with Crippen LogP contribution in [0.25, 0.3) is 0 Å². The second-order valence-electron chi connectivity index (χ2n) is 10.9. The summed E-state index contributed by atoms with van der Waals surface area (Å²) < 4.78 is 5.39. The van der Waals surface area contributed by atoms with Crippen LogP contribution in [0.2, 0.25) is 5.02 Å². The molecule has 0 saturated carbocycles. The zero-order valence-corrected chi connectivity index (χ0v) is 22.7. The van der Waals surface area contributed by atoms with Crippen LogP contribution < -0.4 is 10.6 Å². The Hall–Kier alpha value is -2.76. The number of terminal acetylenes is 1. The van der Waals surface area contributed by atoms with Crippen molar-refractivity contribution in [3.05, 3.63) is 34.3 Å². The fourth-order valence-electron chi connectivity index (χ4n) is 4.36. The zero-order chi connectivity index (χ0) is 27.3. The molecule has 8 nitrogen and oxygen atoms in total. The molecule has 0 aromatic heterocycles. The van der Waals surface area contributed by atoms with E-state index in [1.54, 1.807) is 39.0 Å². The number of aliphatic hydroxyl groups is 1. The lowest BCUT2D eigenvalue weighted by atomic mass is 9.79. The minimum Gasteiger partial charge on any atom is -0.444 e. The van der Waals surface area contributed by atoms with Crippen molar-refractivity contribution in [2.24, 2.45) is 5.41 Å². The number of likely N-dealkylation sites (tertiary alicyclic amines) is 1. The monoisotopic (exact) mass is 519 g/mol. The maximum Gasteiger partial charge on any atom is 0.408 e. The molecular formula is C27H38ClN3O5. The molecule has 0 aliphatic carbocycles. The summed E-state index contributed by atoms with van der Waals surface area (Å²) in [7, 11) is 0. The Bertz CT molecular complexity index is 1010. The van der Waals surface area contributed by atoms with Crippen LogP contribution in [0, 0.1) is 17.8 Å². The van der Waals surface area contributed by atoms with Gasteiger partial charge in [-0.2, -0.15) is 0 Å². The topological polar surface area (TPSA) is 108 Å². The van der Waals surface area contributed by atoms with Gasteiger partial charge in [0.1, 0.15) is 17.7 Å². The van der Waals surface area contributed by atoms with Gasteiger partial charge in [0.2, 0.25) is 11.8 Å². The number of nitrogens with one attached hydrogen (secondary N) is 2. The fraction of sp³-hybridized carbons (Fsp3) is 0.593. The Morgan fingerprint density at radius 2 is 1.94 bits per heavy atom. The molecule has 9 heteroatoms. The summed E-state index contributed by atoms with van der Waals surface area (Å²) in [6.07, 6.45) is 5.35. The van der Waals surface area contributed by atoms with Crippen LogP contribution in [0.5, 0.6) is 0 Å². The molecule has 1 heterocycles. The van der Waals surface area contributed by atoms with Crippen molar-refractivity contribution in [1.82, 2.24) is 15.5 Å². The van der Waals surface area contributed by atoms with E-state index in [0.717, 1.165) is 6.42 Å². The van der Waals surface area contributed by atoms with Gasteiger partial charge in [-0.05, 0) is 50.3 Å². The van der Waals surface area contributed by atoms with Crippen LogP contribution >= 0.6 is 11.6 Å². The van der Waals surface area contributed by atoms with E-state index in [1.165, 1.54) is 4.90 Å². The van der Waals surface area contributed by atoms with Gasteiger partial charge in [0.25, 0.3) is 0 Å². The third kappa shape index (κ3) is 7.87. The number of ether oxygens (including phenoxy) is 1. The molecule has 1 saturated heterocycles. The van der Waals surface area contributed by atoms with Gasteiger partial charge >= 0.3 is 6.09 Å². The third-order valence-electron chi connectivity index (χ3n) is 6.12. The number of halogens is 1. The highest BCUT2D eigenvalue weighted by atomic mass is 35.5. The van der Waals surface area contributed by atoms with Crippen LogP contribution in [0.3, 0.4) is 0 Å². The molecule has 1 aromatic rings. The largest absolute Gasteiger partial charge is 0.444 e. The quantitative estimate of drug-likeness (QED) is 0.455. The van der Waals surface area contributed by atoms with Gasteiger partial charge in [0.05, 0.1) is 6.10 Å². The van der Waals surface area contributed by atoms with Crippen molar-refractivity contribution in [1.29, 1.82) is 0 Å². The normalized spacial score (nSPS) is 18.8. The standard InChI is InChI=1S/C27H38ClN3O5/c1-8-12-27(6,7)22(30-25(35)36-26(3,4)5)24(34)31-16-19(32)14-21(31)23(33)29-15-18-11-10-17(9-2)13-20(18)28/h2,10-11,13,19,21-22,32H,8,12,14-16H2,1,3-7H3,(H,29,33)(H,30,35)/t19-,21+,22?/m1/s1. The Balaban J connectivity index is 2.22. The maximum atomic E-state index is 13.8. The number of alkyl carbamates (subject to hydrolysis) is 1. The molecule has 0 radical (unpaired) electrons. The van der Waals surface area contributed by atoms with Crippen molar-refractivity contribution in [2.75, 3.05) is 6.54 Å². The first-order chi connectivity index (χ1) is 16.7. The molecule has 1 fully saturated rings. The Kier molecular flexibility index (Phi) is 9.81. The smallest absolute Gasteiger partial charge is 0.408 e. The van der Waals surface area contributed by atoms with Gasteiger partial charge in [-0.1, -0.05) is 50.8 Å². The first-order valence-electron chi connectivity index (χ1n) is 12.2. The van der Waals surface area contributed by atoms with Crippen molar-refractivity contribution in [3.8, 4) is 12.3 Å². The molecule has 1 aliphatic rings. The number of hydrogen-bond donors (Lipinski definition) is 3. The van der Waals surface area contributed by atoms with E-state index in [1.807, 2.05) is 20.8 Å². The highest BCUT2D eigenvalue weighted by Gasteiger charge is 2.45. The van der Waals surface area contributed by atoms with Gasteiger partial charge in [0, 0.05) is 30.1 Å². The molecular weight excluding hydrogens is 482 g/mol. The lowest BCUT2D eigenvalue weighted by Crippen LogP contribution is -2.58. The van der Waals surface area contributed by atoms with Crippen molar-refractivity contribution in [2.45, 2.75) is 91.1 Å². The number of benzene rings is 1. The highest BCUT2D eigenvalue weighted by molar-refractivity contribution is 6.31. The number of rotatable bonds is 8. The van der Waals surface area contributed by atoms with Gasteiger partial charge in [0.15, 0.2) is 0 Å². The van der Waals surface area contributed by atoms with Gasteiger partial charge in [-0.25, -0.2) is 4.79 Å². The molecule has 1 unspecified atom stereocenters. The maximum absolute atomic E-state index is 13.8. The first-order valence-corrected chi connectivity index (χ1v) is 12.6.